The van der Waals surface area contributed by atoms with E-state index in [1.54, 1.807) is 19.3 Å². The number of para-hydroxylation sites is 2. The van der Waals surface area contributed by atoms with E-state index in [4.69, 9.17) is 10.5 Å². The molecule has 126 valence electrons. The van der Waals surface area contributed by atoms with Crippen LogP contribution in [-0.4, -0.2) is 16.9 Å². The lowest BCUT2D eigenvalue weighted by Crippen LogP contribution is -2.02. The Bertz CT molecular complexity index is 1050. The first kappa shape index (κ1) is 16.8. The number of anilines is 1. The Labute approximate surface area is 151 Å². The minimum Gasteiger partial charge on any atom is -0.496 e. The van der Waals surface area contributed by atoms with Crippen molar-refractivity contribution in [3.8, 4) is 23.6 Å². The van der Waals surface area contributed by atoms with Gasteiger partial charge in [-0.05, 0) is 24.3 Å². The van der Waals surface area contributed by atoms with Gasteiger partial charge in [0, 0.05) is 5.56 Å². The van der Waals surface area contributed by atoms with Gasteiger partial charge in [0.2, 0.25) is 0 Å². The maximum absolute atomic E-state index is 9.64. The number of benzene rings is 2. The molecule has 3 rings (SSSR count). The van der Waals surface area contributed by atoms with Crippen LogP contribution in [0.4, 0.5) is 5.82 Å². The normalized spacial score (nSPS) is 10.8. The van der Waals surface area contributed by atoms with Gasteiger partial charge in [-0.2, -0.15) is 15.6 Å². The molecule has 3 aromatic rings. The molecule has 1 aromatic heterocycles. The largest absolute Gasteiger partial charge is 0.496 e. The van der Waals surface area contributed by atoms with Gasteiger partial charge in [-0.15, -0.1) is 0 Å². The predicted octanol–water partition coefficient (Wildman–Crippen LogP) is 3.40. The van der Waals surface area contributed by atoms with Crippen molar-refractivity contribution in [1.29, 1.82) is 10.5 Å². The highest BCUT2D eigenvalue weighted by atomic mass is 16.5. The summed E-state index contributed by atoms with van der Waals surface area (Å²) in [6, 6.07) is 20.7. The van der Waals surface area contributed by atoms with Crippen LogP contribution in [0.2, 0.25) is 0 Å². The van der Waals surface area contributed by atoms with E-state index >= 15 is 0 Å². The molecule has 0 aliphatic rings. The van der Waals surface area contributed by atoms with Crippen LogP contribution in [0, 0.1) is 22.7 Å². The number of nitrogens with two attached hydrogens (primary N) is 1. The van der Waals surface area contributed by atoms with Crippen molar-refractivity contribution in [2.45, 2.75) is 0 Å². The second-order valence-electron chi connectivity index (χ2n) is 5.38. The minimum absolute atomic E-state index is 0.163. The summed E-state index contributed by atoms with van der Waals surface area (Å²) >= 11 is 0. The third-order valence-corrected chi connectivity index (χ3v) is 3.85. The standard InChI is InChI=1S/C20H15N5O/c1-26-18-10-6-5-7-14(18)11-15(12-21)19-17(13-22)20(23)25(24-19)16-8-3-2-4-9-16/h2-11H,23H2,1H3. The maximum Gasteiger partial charge on any atom is 0.145 e. The zero-order chi connectivity index (χ0) is 18.5. The van der Waals surface area contributed by atoms with Crippen LogP contribution in [0.5, 0.6) is 5.75 Å². The molecular weight excluding hydrogens is 326 g/mol. The number of methoxy groups -OCH3 is 1. The Balaban J connectivity index is 2.18. The van der Waals surface area contributed by atoms with Crippen LogP contribution in [0.3, 0.4) is 0 Å². The summed E-state index contributed by atoms with van der Waals surface area (Å²) < 4.78 is 6.77. The number of ether oxygens (including phenoxy) is 1. The molecule has 0 atom stereocenters. The van der Waals surface area contributed by atoms with Crippen molar-refractivity contribution in [3.05, 3.63) is 71.4 Å². The molecule has 0 spiro atoms. The van der Waals surface area contributed by atoms with Gasteiger partial charge in [0.15, 0.2) is 0 Å². The fourth-order valence-corrected chi connectivity index (χ4v) is 2.59. The van der Waals surface area contributed by atoms with Crippen molar-refractivity contribution in [3.63, 3.8) is 0 Å². The molecule has 2 aromatic carbocycles. The molecular formula is C20H15N5O. The van der Waals surface area contributed by atoms with Gasteiger partial charge in [0.1, 0.15) is 35.0 Å². The number of aromatic nitrogens is 2. The molecule has 0 saturated heterocycles. The zero-order valence-electron chi connectivity index (χ0n) is 14.0. The number of nitriles is 2. The fraction of sp³-hybridized carbons (Fsp3) is 0.0500. The first-order valence-electron chi connectivity index (χ1n) is 7.78. The average molecular weight is 341 g/mol. The quantitative estimate of drug-likeness (QED) is 0.733. The summed E-state index contributed by atoms with van der Waals surface area (Å²) in [4.78, 5) is 0. The van der Waals surface area contributed by atoms with Gasteiger partial charge >= 0.3 is 0 Å². The van der Waals surface area contributed by atoms with E-state index in [1.807, 2.05) is 48.5 Å². The Morgan fingerprint density at radius 2 is 1.81 bits per heavy atom. The summed E-state index contributed by atoms with van der Waals surface area (Å²) in [6.07, 6.45) is 1.64. The monoisotopic (exact) mass is 341 g/mol. The number of rotatable bonds is 4. The van der Waals surface area contributed by atoms with Crippen LogP contribution in [-0.2, 0) is 0 Å². The van der Waals surface area contributed by atoms with Crippen LogP contribution in [0.25, 0.3) is 17.3 Å². The third-order valence-electron chi connectivity index (χ3n) is 3.85. The highest BCUT2D eigenvalue weighted by molar-refractivity contribution is 5.92. The Kier molecular flexibility index (Phi) is 4.69. The zero-order valence-corrected chi connectivity index (χ0v) is 14.0. The fourth-order valence-electron chi connectivity index (χ4n) is 2.59. The number of nitrogens with zero attached hydrogens (tertiary/aromatic N) is 4. The van der Waals surface area contributed by atoms with E-state index in [0.29, 0.717) is 17.0 Å². The predicted molar refractivity (Wildman–Crippen MR) is 99.2 cm³/mol. The van der Waals surface area contributed by atoms with Crippen molar-refractivity contribution in [2.24, 2.45) is 0 Å². The molecule has 0 radical (unpaired) electrons. The Morgan fingerprint density at radius 3 is 2.46 bits per heavy atom. The van der Waals surface area contributed by atoms with Crippen molar-refractivity contribution in [1.82, 2.24) is 9.78 Å². The van der Waals surface area contributed by atoms with E-state index in [9.17, 15) is 10.5 Å². The van der Waals surface area contributed by atoms with Crippen LogP contribution in [0.15, 0.2) is 54.6 Å². The molecule has 2 N–H and O–H groups in total. The van der Waals surface area contributed by atoms with Crippen molar-refractivity contribution >= 4 is 17.5 Å². The third kappa shape index (κ3) is 3.00. The smallest absolute Gasteiger partial charge is 0.145 e. The average Bonchev–Trinajstić information content (AvgIpc) is 3.03. The first-order chi connectivity index (χ1) is 12.7. The van der Waals surface area contributed by atoms with E-state index in [1.165, 1.54) is 4.68 Å². The lowest BCUT2D eigenvalue weighted by Gasteiger charge is -2.04. The number of hydrogen-bond acceptors (Lipinski definition) is 5. The maximum atomic E-state index is 9.64. The highest BCUT2D eigenvalue weighted by Crippen LogP contribution is 2.29. The second-order valence-corrected chi connectivity index (χ2v) is 5.38. The summed E-state index contributed by atoms with van der Waals surface area (Å²) in [5.74, 6) is 0.809. The molecule has 1 heterocycles. The summed E-state index contributed by atoms with van der Waals surface area (Å²) in [7, 11) is 1.56. The van der Waals surface area contributed by atoms with E-state index in [0.717, 1.165) is 0 Å². The Morgan fingerprint density at radius 1 is 1.12 bits per heavy atom. The van der Waals surface area contributed by atoms with Crippen molar-refractivity contribution < 1.29 is 4.74 Å². The molecule has 0 bridgehead atoms. The molecule has 6 heteroatoms. The SMILES string of the molecule is COc1ccccc1C=C(C#N)c1nn(-c2ccccc2)c(N)c1C#N. The number of allylic oxidation sites excluding steroid dienone is 1. The topological polar surface area (TPSA) is 101 Å². The first-order valence-corrected chi connectivity index (χ1v) is 7.78. The molecule has 6 nitrogen and oxygen atoms in total. The number of hydrogen-bond donors (Lipinski definition) is 1. The summed E-state index contributed by atoms with van der Waals surface area (Å²) in [5, 5.41) is 23.6. The van der Waals surface area contributed by atoms with Gasteiger partial charge in [0.25, 0.3) is 0 Å². The lowest BCUT2D eigenvalue weighted by atomic mass is 10.1. The van der Waals surface area contributed by atoms with E-state index < -0.39 is 0 Å². The second kappa shape index (κ2) is 7.25. The van der Waals surface area contributed by atoms with E-state index in [2.05, 4.69) is 17.2 Å². The molecule has 0 saturated carbocycles. The van der Waals surface area contributed by atoms with E-state index in [-0.39, 0.29) is 22.6 Å². The van der Waals surface area contributed by atoms with Gasteiger partial charge in [-0.1, -0.05) is 36.4 Å². The van der Waals surface area contributed by atoms with Crippen LogP contribution in [0.1, 0.15) is 16.8 Å². The van der Waals surface area contributed by atoms with Gasteiger partial charge in [-0.25, -0.2) is 4.68 Å². The van der Waals surface area contributed by atoms with Gasteiger partial charge < -0.3 is 10.5 Å². The van der Waals surface area contributed by atoms with Gasteiger partial charge in [0.05, 0.1) is 18.4 Å². The summed E-state index contributed by atoms with van der Waals surface area (Å²) in [6.45, 7) is 0. The molecule has 0 aliphatic heterocycles. The molecule has 0 amide bonds. The minimum atomic E-state index is 0.163. The summed E-state index contributed by atoms with van der Waals surface area (Å²) in [5.41, 5.74) is 8.16. The van der Waals surface area contributed by atoms with Gasteiger partial charge in [-0.3, -0.25) is 0 Å². The number of nitrogen functional groups attached to an aromatic ring is 1. The molecule has 26 heavy (non-hydrogen) atoms. The highest BCUT2D eigenvalue weighted by Gasteiger charge is 2.20. The molecule has 0 fully saturated rings. The van der Waals surface area contributed by atoms with Crippen LogP contribution < -0.4 is 10.5 Å². The van der Waals surface area contributed by atoms with Crippen molar-refractivity contribution in [2.75, 3.05) is 12.8 Å². The Hall–Kier alpha value is -4.03. The molecule has 0 aliphatic carbocycles. The molecule has 0 unspecified atom stereocenters. The van der Waals surface area contributed by atoms with Crippen LogP contribution >= 0.6 is 0 Å². The lowest BCUT2D eigenvalue weighted by molar-refractivity contribution is 0.414.